The molecule has 8 aromatic carbocycles. The normalized spacial score (nSPS) is 13.1. The average Bonchev–Trinajstić information content (AvgIpc) is 3.68. The second-order valence-electron chi connectivity index (χ2n) is 14.1. The molecule has 0 spiro atoms. The minimum atomic E-state index is -0.107. The lowest BCUT2D eigenvalue weighted by molar-refractivity contribution is 0.660. The van der Waals surface area contributed by atoms with Crippen molar-refractivity contribution in [1.82, 2.24) is 0 Å². The van der Waals surface area contributed by atoms with Crippen LogP contribution in [0.2, 0.25) is 0 Å². The summed E-state index contributed by atoms with van der Waals surface area (Å²) in [6, 6.07) is 63.4. The Kier molecular flexibility index (Phi) is 6.56. The van der Waals surface area contributed by atoms with Crippen LogP contribution in [0.25, 0.3) is 66.1 Å². The lowest BCUT2D eigenvalue weighted by Gasteiger charge is -2.28. The molecule has 0 fully saturated rings. The van der Waals surface area contributed by atoms with E-state index in [0.717, 1.165) is 44.4 Å². The summed E-state index contributed by atoms with van der Waals surface area (Å²) in [5.74, 6) is 0. The van der Waals surface area contributed by atoms with Gasteiger partial charge in [-0.15, -0.1) is 0 Å². The topological polar surface area (TPSA) is 16.4 Å². The highest BCUT2D eigenvalue weighted by atomic mass is 16.3. The van der Waals surface area contributed by atoms with E-state index in [0.29, 0.717) is 0 Å². The molecule has 0 unspecified atom stereocenters. The van der Waals surface area contributed by atoms with Crippen molar-refractivity contribution in [3.05, 3.63) is 187 Å². The van der Waals surface area contributed by atoms with E-state index in [4.69, 9.17) is 4.42 Å². The van der Waals surface area contributed by atoms with Crippen molar-refractivity contribution in [3.63, 3.8) is 0 Å². The number of furan rings is 1. The molecule has 2 nitrogen and oxygen atoms in total. The molecule has 0 radical (unpaired) electrons. The fourth-order valence-corrected chi connectivity index (χ4v) is 8.33. The highest BCUT2D eigenvalue weighted by molar-refractivity contribution is 6.21. The van der Waals surface area contributed by atoms with Crippen molar-refractivity contribution in [2.24, 2.45) is 0 Å². The first-order valence-electron chi connectivity index (χ1n) is 17.7. The maximum Gasteiger partial charge on any atom is 0.159 e. The molecule has 1 aromatic heterocycles. The fourth-order valence-electron chi connectivity index (χ4n) is 8.33. The molecule has 1 aliphatic carbocycles. The largest absolute Gasteiger partial charge is 0.453 e. The number of anilines is 3. The van der Waals surface area contributed by atoms with Gasteiger partial charge in [0.05, 0.1) is 5.69 Å². The summed E-state index contributed by atoms with van der Waals surface area (Å²) >= 11 is 0. The van der Waals surface area contributed by atoms with E-state index < -0.39 is 0 Å². The summed E-state index contributed by atoms with van der Waals surface area (Å²) in [4.78, 5) is 2.36. The van der Waals surface area contributed by atoms with Crippen molar-refractivity contribution in [2.75, 3.05) is 4.90 Å². The van der Waals surface area contributed by atoms with Crippen LogP contribution in [0.4, 0.5) is 17.1 Å². The molecular formula is C49H35NO. The zero-order valence-corrected chi connectivity index (χ0v) is 28.6. The molecule has 2 heteroatoms. The van der Waals surface area contributed by atoms with Gasteiger partial charge < -0.3 is 9.32 Å². The van der Waals surface area contributed by atoms with E-state index in [9.17, 15) is 0 Å². The third-order valence-corrected chi connectivity index (χ3v) is 10.9. The van der Waals surface area contributed by atoms with E-state index in [2.05, 4.69) is 195 Å². The van der Waals surface area contributed by atoms with Gasteiger partial charge in [-0.3, -0.25) is 0 Å². The number of rotatable bonds is 5. The molecule has 10 rings (SSSR count). The lowest BCUT2D eigenvalue weighted by Crippen LogP contribution is -2.16. The smallest absolute Gasteiger partial charge is 0.159 e. The first kappa shape index (κ1) is 29.5. The van der Waals surface area contributed by atoms with Crippen LogP contribution in [0.5, 0.6) is 0 Å². The first-order chi connectivity index (χ1) is 25.1. The summed E-state index contributed by atoms with van der Waals surface area (Å²) in [7, 11) is 0. The minimum absolute atomic E-state index is 0.107. The Morgan fingerprint density at radius 1 is 0.392 bits per heavy atom. The van der Waals surface area contributed by atoms with E-state index in [1.54, 1.807) is 0 Å². The molecule has 1 heterocycles. The lowest BCUT2D eigenvalue weighted by atomic mass is 9.82. The Morgan fingerprint density at radius 3 is 1.80 bits per heavy atom. The van der Waals surface area contributed by atoms with Gasteiger partial charge in [0.1, 0.15) is 5.58 Å². The third-order valence-electron chi connectivity index (χ3n) is 10.9. The van der Waals surface area contributed by atoms with Crippen LogP contribution in [-0.4, -0.2) is 0 Å². The highest BCUT2D eigenvalue weighted by Gasteiger charge is 2.36. The molecule has 0 aliphatic heterocycles. The molecule has 0 bridgehead atoms. The molecule has 0 saturated carbocycles. The third kappa shape index (κ3) is 4.57. The van der Waals surface area contributed by atoms with E-state index in [1.807, 2.05) is 0 Å². The van der Waals surface area contributed by atoms with Gasteiger partial charge in [0, 0.05) is 32.9 Å². The van der Waals surface area contributed by atoms with Crippen LogP contribution >= 0.6 is 0 Å². The van der Waals surface area contributed by atoms with E-state index >= 15 is 0 Å². The zero-order valence-electron chi connectivity index (χ0n) is 28.6. The second kappa shape index (κ2) is 11.3. The van der Waals surface area contributed by atoms with Gasteiger partial charge in [-0.2, -0.15) is 0 Å². The minimum Gasteiger partial charge on any atom is -0.453 e. The maximum atomic E-state index is 7.03. The van der Waals surface area contributed by atoms with Crippen molar-refractivity contribution in [2.45, 2.75) is 19.3 Å². The van der Waals surface area contributed by atoms with Gasteiger partial charge in [-0.05, 0) is 86.3 Å². The Hall–Kier alpha value is -6.38. The van der Waals surface area contributed by atoms with Crippen molar-refractivity contribution >= 4 is 49.8 Å². The predicted octanol–water partition coefficient (Wildman–Crippen LogP) is 13.8. The van der Waals surface area contributed by atoms with E-state index in [-0.39, 0.29) is 5.41 Å². The molecule has 1 aliphatic rings. The molecule has 0 atom stereocenters. The SMILES string of the molecule is CC1(C)c2ccccc2-c2ccc(N(c3ccccc3)c3cccc4c3oc3c5ccccc5c(-c5ccc(-c6ccccc6)cc5)cc43)cc21. The van der Waals surface area contributed by atoms with Crippen LogP contribution in [0.1, 0.15) is 25.0 Å². The Balaban J connectivity index is 1.17. The monoisotopic (exact) mass is 653 g/mol. The summed E-state index contributed by atoms with van der Waals surface area (Å²) < 4.78 is 7.03. The van der Waals surface area contributed by atoms with Crippen LogP contribution in [0, 0.1) is 0 Å². The Labute approximate surface area is 297 Å². The summed E-state index contributed by atoms with van der Waals surface area (Å²) in [5.41, 5.74) is 15.1. The molecule has 0 amide bonds. The number of nitrogens with zero attached hydrogens (tertiary/aromatic N) is 1. The first-order valence-corrected chi connectivity index (χ1v) is 17.7. The van der Waals surface area contributed by atoms with Gasteiger partial charge in [0.25, 0.3) is 0 Å². The number of hydrogen-bond acceptors (Lipinski definition) is 2. The predicted molar refractivity (Wildman–Crippen MR) is 214 cm³/mol. The van der Waals surface area contributed by atoms with Gasteiger partial charge in [0.2, 0.25) is 0 Å². The van der Waals surface area contributed by atoms with Gasteiger partial charge in [-0.25, -0.2) is 0 Å². The van der Waals surface area contributed by atoms with Gasteiger partial charge in [-0.1, -0.05) is 153 Å². The fraction of sp³-hybridized carbons (Fsp3) is 0.0612. The highest BCUT2D eigenvalue weighted by Crippen LogP contribution is 2.51. The molecule has 51 heavy (non-hydrogen) atoms. The molecule has 242 valence electrons. The second-order valence-corrected chi connectivity index (χ2v) is 14.1. The number of fused-ring (bicyclic) bond motifs is 8. The molecule has 0 N–H and O–H groups in total. The summed E-state index contributed by atoms with van der Waals surface area (Å²) in [5, 5.41) is 4.51. The number of benzene rings is 8. The van der Waals surface area contributed by atoms with Crippen molar-refractivity contribution in [3.8, 4) is 33.4 Å². The summed E-state index contributed by atoms with van der Waals surface area (Å²) in [6.07, 6.45) is 0. The van der Waals surface area contributed by atoms with Crippen molar-refractivity contribution < 1.29 is 4.42 Å². The van der Waals surface area contributed by atoms with Crippen LogP contribution in [0.3, 0.4) is 0 Å². The van der Waals surface area contributed by atoms with Crippen LogP contribution < -0.4 is 4.90 Å². The van der Waals surface area contributed by atoms with Crippen molar-refractivity contribution in [1.29, 1.82) is 0 Å². The standard InChI is InChI=1S/C49H35NO/c1-49(2)44-22-12-11-19-38(44)39-29-28-36(30-45(39)49)50(35-16-7-4-8-17-35)46-23-13-21-41-43-31-42(37-18-9-10-20-40(37)47(43)51-48(41)46)34-26-24-33(25-27-34)32-14-5-3-6-15-32/h3-31H,1-2H3. The van der Waals surface area contributed by atoms with Crippen LogP contribution in [0.15, 0.2) is 180 Å². The number of hydrogen-bond donors (Lipinski definition) is 0. The maximum absolute atomic E-state index is 7.03. The van der Waals surface area contributed by atoms with E-state index in [1.165, 1.54) is 49.9 Å². The molecule has 0 saturated heterocycles. The van der Waals surface area contributed by atoms with Gasteiger partial charge >= 0.3 is 0 Å². The van der Waals surface area contributed by atoms with Gasteiger partial charge in [0.15, 0.2) is 5.58 Å². The van der Waals surface area contributed by atoms with Crippen LogP contribution in [-0.2, 0) is 5.41 Å². The average molecular weight is 654 g/mol. The Morgan fingerprint density at radius 2 is 1.00 bits per heavy atom. The zero-order chi connectivity index (χ0) is 34.1. The number of para-hydroxylation sites is 2. The Bertz CT molecular complexity index is 2760. The molecular weight excluding hydrogens is 619 g/mol. The summed E-state index contributed by atoms with van der Waals surface area (Å²) in [6.45, 7) is 4.68. The quantitative estimate of drug-likeness (QED) is 0.184. The molecule has 9 aromatic rings.